The Labute approximate surface area is 192 Å². The molecule has 29 heavy (non-hydrogen) atoms. The Balaban J connectivity index is 0.00000300. The Hall–Kier alpha value is -0.410. The predicted octanol–water partition coefficient (Wildman–Crippen LogP) is 6.13. The van der Waals surface area contributed by atoms with E-state index in [4.69, 9.17) is 46.4 Å². The monoisotopic (exact) mass is 506 g/mol. The average molecular weight is 509 g/mol. The van der Waals surface area contributed by atoms with E-state index in [1.165, 1.54) is 19.1 Å². The van der Waals surface area contributed by atoms with Crippen molar-refractivity contribution in [3.8, 4) is 0 Å². The number of hydroxylamine groups is 2. The first-order valence-corrected chi connectivity index (χ1v) is 9.79. The summed E-state index contributed by atoms with van der Waals surface area (Å²) in [4.78, 5) is 1.58. The summed E-state index contributed by atoms with van der Waals surface area (Å²) in [5.41, 5.74) is 0.637. The number of piperazine rings is 1. The molecule has 1 fully saturated rings. The number of halogens is 7. The van der Waals surface area contributed by atoms with Gasteiger partial charge in [-0.3, -0.25) is 4.90 Å². The Morgan fingerprint density at radius 1 is 0.862 bits per heavy atom. The number of hydrogen-bond donors (Lipinski definition) is 2. The van der Waals surface area contributed by atoms with Gasteiger partial charge in [0, 0.05) is 23.1 Å². The number of hydrogen-bond acceptors (Lipinski definition) is 4. The van der Waals surface area contributed by atoms with Crippen molar-refractivity contribution in [2.24, 2.45) is 0 Å². The minimum Gasteiger partial charge on any atom is -0.379 e. The topological polar surface area (TPSA) is 46.9 Å². The minimum absolute atomic E-state index is 0. The van der Waals surface area contributed by atoms with E-state index in [9.17, 15) is 19.1 Å². The van der Waals surface area contributed by atoms with Crippen LogP contribution >= 0.6 is 58.8 Å². The molecule has 11 heteroatoms. The number of aliphatic hydroxyl groups is 1. The lowest BCUT2D eigenvalue weighted by Gasteiger charge is -2.47. The summed E-state index contributed by atoms with van der Waals surface area (Å²) < 4.78 is 28.2. The van der Waals surface area contributed by atoms with Crippen LogP contribution in [0.1, 0.15) is 30.1 Å². The summed E-state index contributed by atoms with van der Waals surface area (Å²) in [7, 11) is 0. The zero-order valence-electron chi connectivity index (χ0n) is 14.9. The van der Waals surface area contributed by atoms with E-state index in [2.05, 4.69) is 0 Å². The van der Waals surface area contributed by atoms with Crippen molar-refractivity contribution < 1.29 is 19.1 Å². The van der Waals surface area contributed by atoms with Crippen molar-refractivity contribution in [2.45, 2.75) is 25.2 Å². The van der Waals surface area contributed by atoms with Crippen LogP contribution in [-0.4, -0.2) is 39.6 Å². The molecule has 1 aliphatic heterocycles. The Morgan fingerprint density at radius 3 is 1.59 bits per heavy atom. The normalized spacial score (nSPS) is 21.7. The summed E-state index contributed by atoms with van der Waals surface area (Å²) in [6, 6.07) is 3.38. The molecule has 1 aliphatic rings. The van der Waals surface area contributed by atoms with Crippen LogP contribution in [0.2, 0.25) is 20.1 Å². The number of nitrogens with zero attached hydrogens (tertiary/aromatic N) is 2. The van der Waals surface area contributed by atoms with Gasteiger partial charge >= 0.3 is 0 Å². The zero-order valence-corrected chi connectivity index (χ0v) is 18.8. The fraction of sp³-hybridized carbons (Fsp3) is 0.333. The van der Waals surface area contributed by atoms with E-state index in [1.54, 1.807) is 4.90 Å². The van der Waals surface area contributed by atoms with Crippen molar-refractivity contribution >= 4 is 58.8 Å². The van der Waals surface area contributed by atoms with Crippen LogP contribution in [-0.2, 0) is 0 Å². The summed E-state index contributed by atoms with van der Waals surface area (Å²) in [6.45, 7) is 1.55. The van der Waals surface area contributed by atoms with Gasteiger partial charge in [-0.15, -0.1) is 12.4 Å². The lowest BCUT2D eigenvalue weighted by molar-refractivity contribution is -0.182. The van der Waals surface area contributed by atoms with Gasteiger partial charge in [-0.05, 0) is 42.3 Å². The molecule has 2 aromatic rings. The Morgan fingerprint density at radius 2 is 1.24 bits per heavy atom. The van der Waals surface area contributed by atoms with E-state index in [-0.39, 0.29) is 45.6 Å². The van der Waals surface area contributed by atoms with Crippen LogP contribution in [0, 0.1) is 11.6 Å². The van der Waals surface area contributed by atoms with E-state index >= 15 is 0 Å². The van der Waals surface area contributed by atoms with Gasteiger partial charge in [0.2, 0.25) is 0 Å². The van der Waals surface area contributed by atoms with Crippen molar-refractivity contribution in [1.82, 2.24) is 9.96 Å². The molecule has 3 rings (SSSR count). The van der Waals surface area contributed by atoms with Crippen LogP contribution in [0.15, 0.2) is 24.3 Å². The highest BCUT2D eigenvalue weighted by Gasteiger charge is 2.40. The second-order valence-electron chi connectivity index (χ2n) is 6.56. The zero-order chi connectivity index (χ0) is 20.7. The first-order valence-electron chi connectivity index (χ1n) is 8.28. The number of aliphatic hydroxyl groups excluding tert-OH is 1. The summed E-state index contributed by atoms with van der Waals surface area (Å²) in [5.74, 6) is -1.37. The number of benzene rings is 2. The maximum absolute atomic E-state index is 14.1. The molecular formula is C18H17Cl5F2N2O2. The lowest BCUT2D eigenvalue weighted by Crippen LogP contribution is -2.52. The van der Waals surface area contributed by atoms with Gasteiger partial charge in [-0.25, -0.2) is 8.78 Å². The van der Waals surface area contributed by atoms with Gasteiger partial charge in [0.15, 0.2) is 0 Å². The largest absolute Gasteiger partial charge is 0.379 e. The highest BCUT2D eigenvalue weighted by atomic mass is 35.5. The van der Waals surface area contributed by atoms with Gasteiger partial charge < -0.3 is 10.3 Å². The molecule has 0 aliphatic carbocycles. The van der Waals surface area contributed by atoms with Gasteiger partial charge in [0.1, 0.15) is 17.9 Å². The quantitative estimate of drug-likeness (QED) is 0.490. The molecule has 3 unspecified atom stereocenters. The lowest BCUT2D eigenvalue weighted by atomic mass is 9.95. The maximum atomic E-state index is 14.1. The first-order chi connectivity index (χ1) is 13.1. The fourth-order valence-corrected chi connectivity index (χ4v) is 4.52. The second-order valence-corrected chi connectivity index (χ2v) is 8.19. The minimum atomic E-state index is -1.05. The fourth-order valence-electron chi connectivity index (χ4n) is 3.50. The van der Waals surface area contributed by atoms with E-state index < -0.39 is 29.9 Å². The second kappa shape index (κ2) is 9.81. The molecule has 0 saturated carbocycles. The summed E-state index contributed by atoms with van der Waals surface area (Å²) in [5, 5.41) is 21.8. The summed E-state index contributed by atoms with van der Waals surface area (Å²) in [6.07, 6.45) is -1.05. The van der Waals surface area contributed by atoms with E-state index in [0.717, 1.165) is 17.2 Å². The first kappa shape index (κ1) is 24.9. The maximum Gasteiger partial charge on any atom is 0.142 e. The highest BCUT2D eigenvalue weighted by Crippen LogP contribution is 2.42. The average Bonchev–Trinajstić information content (AvgIpc) is 2.60. The van der Waals surface area contributed by atoms with E-state index in [1.807, 2.05) is 0 Å². The standard InChI is InChI=1S/C18H16Cl4F2N2O2.ClH/c1-8(27)26-17(9-2-15(23)13(21)4-11(9)19)6-25(28)7-18(26)10-3-16(24)14(22)5-12(10)20;/h2-5,8,17-18,27-28H,6-7H2,1H3;1H. The van der Waals surface area contributed by atoms with Crippen LogP contribution in [0.25, 0.3) is 0 Å². The van der Waals surface area contributed by atoms with Crippen molar-refractivity contribution in [2.75, 3.05) is 13.1 Å². The molecule has 0 radical (unpaired) electrons. The van der Waals surface area contributed by atoms with Crippen LogP contribution in [0.3, 0.4) is 0 Å². The van der Waals surface area contributed by atoms with Crippen molar-refractivity contribution in [3.63, 3.8) is 0 Å². The predicted molar refractivity (Wildman–Crippen MR) is 112 cm³/mol. The van der Waals surface area contributed by atoms with Gasteiger partial charge in [-0.2, -0.15) is 5.06 Å². The summed E-state index contributed by atoms with van der Waals surface area (Å²) >= 11 is 24.1. The van der Waals surface area contributed by atoms with Crippen LogP contribution in [0.5, 0.6) is 0 Å². The molecule has 0 amide bonds. The molecule has 3 atom stereocenters. The molecule has 2 N–H and O–H groups in total. The molecule has 0 spiro atoms. The van der Waals surface area contributed by atoms with Gasteiger partial charge in [-0.1, -0.05) is 46.4 Å². The SMILES string of the molecule is CC(O)N1C(c2cc(F)c(Cl)cc2Cl)CN(O)CC1c1cc(F)c(Cl)cc1Cl.Cl. The third kappa shape index (κ3) is 5.09. The smallest absolute Gasteiger partial charge is 0.142 e. The molecule has 2 aromatic carbocycles. The molecule has 0 bridgehead atoms. The highest BCUT2D eigenvalue weighted by molar-refractivity contribution is 6.35. The third-order valence-electron chi connectivity index (χ3n) is 4.72. The van der Waals surface area contributed by atoms with Crippen molar-refractivity contribution in [1.29, 1.82) is 0 Å². The van der Waals surface area contributed by atoms with Gasteiger partial charge in [0.25, 0.3) is 0 Å². The van der Waals surface area contributed by atoms with Crippen molar-refractivity contribution in [3.05, 3.63) is 67.1 Å². The molecular weight excluding hydrogens is 491 g/mol. The molecule has 0 aromatic heterocycles. The Bertz CT molecular complexity index is 836. The Kier molecular flexibility index (Phi) is 8.41. The van der Waals surface area contributed by atoms with Gasteiger partial charge in [0.05, 0.1) is 22.1 Å². The molecule has 1 heterocycles. The molecule has 4 nitrogen and oxygen atoms in total. The molecule has 160 valence electrons. The van der Waals surface area contributed by atoms with Crippen LogP contribution < -0.4 is 0 Å². The molecule has 1 saturated heterocycles. The third-order valence-corrected chi connectivity index (χ3v) is 5.95. The van der Waals surface area contributed by atoms with E-state index in [0.29, 0.717) is 11.1 Å². The number of rotatable bonds is 3. The van der Waals surface area contributed by atoms with Crippen LogP contribution in [0.4, 0.5) is 8.78 Å².